The molecular formula is C36H50BFN5O4P. The van der Waals surface area contributed by atoms with Gasteiger partial charge in [-0.15, -0.1) is 9.24 Å². The highest BCUT2D eigenvalue weighted by atomic mass is 31.0. The van der Waals surface area contributed by atoms with Gasteiger partial charge in [0, 0.05) is 73.6 Å². The van der Waals surface area contributed by atoms with Gasteiger partial charge in [0.15, 0.2) is 7.85 Å². The van der Waals surface area contributed by atoms with Crippen LogP contribution >= 0.6 is 9.24 Å². The molecule has 9 nitrogen and oxygen atoms in total. The molecule has 2 N–H and O–H groups in total. The van der Waals surface area contributed by atoms with E-state index in [1.807, 2.05) is 22.6 Å². The van der Waals surface area contributed by atoms with Crippen LogP contribution in [0.25, 0.3) is 11.8 Å². The van der Waals surface area contributed by atoms with Crippen molar-refractivity contribution in [1.82, 2.24) is 20.1 Å². The van der Waals surface area contributed by atoms with Crippen molar-refractivity contribution in [2.45, 2.75) is 62.5 Å². The second-order valence-corrected chi connectivity index (χ2v) is 15.4. The van der Waals surface area contributed by atoms with Crippen molar-refractivity contribution in [3.05, 3.63) is 46.1 Å². The van der Waals surface area contributed by atoms with E-state index in [9.17, 15) is 4.79 Å². The molecule has 3 fully saturated rings. The lowest BCUT2D eigenvalue weighted by Crippen LogP contribution is -2.68. The maximum absolute atomic E-state index is 15.1. The zero-order chi connectivity index (χ0) is 33.9. The molecule has 4 aliphatic rings. The second kappa shape index (κ2) is 14.8. The number of nitrogens with zero attached hydrogens (tertiary/aromatic N) is 3. The third-order valence-electron chi connectivity index (χ3n) is 10.1. The van der Waals surface area contributed by atoms with E-state index >= 15 is 4.39 Å². The topological polar surface area (TPSA) is 80.2 Å². The Labute approximate surface area is 287 Å². The van der Waals surface area contributed by atoms with Gasteiger partial charge in [0.1, 0.15) is 17.7 Å². The van der Waals surface area contributed by atoms with Gasteiger partial charge in [-0.1, -0.05) is 12.0 Å². The number of hydrogen-bond acceptors (Lipinski definition) is 7. The van der Waals surface area contributed by atoms with E-state index in [4.69, 9.17) is 14.2 Å². The average molecular weight is 678 g/mol. The van der Waals surface area contributed by atoms with Gasteiger partial charge in [-0.2, -0.15) is 0 Å². The van der Waals surface area contributed by atoms with Crippen LogP contribution in [0.15, 0.2) is 24.3 Å². The normalized spacial score (nSPS) is 22.6. The summed E-state index contributed by atoms with van der Waals surface area (Å²) in [6.45, 7) is 5.69. The number of carbonyl (C=O) groups is 1. The fourth-order valence-corrected chi connectivity index (χ4v) is 7.71. The van der Waals surface area contributed by atoms with Crippen LogP contribution in [-0.2, 0) is 16.0 Å². The number of benzene rings is 1. The summed E-state index contributed by atoms with van der Waals surface area (Å²) in [5.41, 5.74) is 3.86. The number of alkyl halides is 1. The van der Waals surface area contributed by atoms with Crippen LogP contribution in [0.2, 0.25) is 0 Å². The first kappa shape index (κ1) is 34.8. The molecule has 1 aromatic carbocycles. The minimum atomic E-state index is -1.47. The van der Waals surface area contributed by atoms with E-state index in [0.29, 0.717) is 48.6 Å². The van der Waals surface area contributed by atoms with Crippen molar-refractivity contribution < 1.29 is 23.4 Å². The SMILES string of the molecule is BC(F)(P)Cn1c(C#CCN(C)c2ccc(C(=O)NC)cc2OCCOC)cc2c1=CCCC=2NC1CCC(N2CC3(COC3)C2)CC1. The molecule has 48 heavy (non-hydrogen) atoms. The van der Waals surface area contributed by atoms with Gasteiger partial charge >= 0.3 is 0 Å². The highest BCUT2D eigenvalue weighted by molar-refractivity contribution is 7.21. The molecule has 2 atom stereocenters. The monoisotopic (exact) mass is 677 g/mol. The summed E-state index contributed by atoms with van der Waals surface area (Å²) in [6.07, 6.45) is 8.89. The zero-order valence-electron chi connectivity index (χ0n) is 28.9. The molecular weight excluding hydrogens is 627 g/mol. The van der Waals surface area contributed by atoms with Gasteiger partial charge in [0.05, 0.1) is 44.3 Å². The lowest BCUT2D eigenvalue weighted by Gasteiger charge is -2.58. The van der Waals surface area contributed by atoms with Crippen molar-refractivity contribution in [3.63, 3.8) is 0 Å². The Morgan fingerprint density at radius 2 is 2.00 bits per heavy atom. The maximum atomic E-state index is 15.1. The van der Waals surface area contributed by atoms with Gasteiger partial charge in [-0.25, -0.2) is 4.39 Å². The quantitative estimate of drug-likeness (QED) is 0.152. The maximum Gasteiger partial charge on any atom is 0.251 e. The summed E-state index contributed by atoms with van der Waals surface area (Å²) in [5, 5.41) is 7.31. The summed E-state index contributed by atoms with van der Waals surface area (Å²) < 4.78 is 33.8. The van der Waals surface area contributed by atoms with Crippen molar-refractivity contribution in [2.75, 3.05) is 72.2 Å². The van der Waals surface area contributed by atoms with Crippen molar-refractivity contribution >= 4 is 40.5 Å². The van der Waals surface area contributed by atoms with Crippen LogP contribution in [0.3, 0.4) is 0 Å². The number of likely N-dealkylation sites (tertiary alicyclic amines) is 1. The Bertz CT molecular complexity index is 1660. The molecule has 1 aromatic heterocycles. The predicted octanol–water partition coefficient (Wildman–Crippen LogP) is 1.41. The van der Waals surface area contributed by atoms with Crippen molar-refractivity contribution in [1.29, 1.82) is 0 Å². The molecule has 3 heterocycles. The molecule has 6 rings (SSSR count). The molecule has 1 saturated carbocycles. The lowest BCUT2D eigenvalue weighted by atomic mass is 9.75. The van der Waals surface area contributed by atoms with E-state index in [0.717, 1.165) is 48.0 Å². The van der Waals surface area contributed by atoms with Crippen LogP contribution in [0.1, 0.15) is 54.6 Å². The van der Waals surface area contributed by atoms with E-state index in [2.05, 4.69) is 48.8 Å². The zero-order valence-corrected chi connectivity index (χ0v) is 30.0. The smallest absolute Gasteiger partial charge is 0.251 e. The number of aromatic nitrogens is 1. The first-order valence-corrected chi connectivity index (χ1v) is 17.8. The highest BCUT2D eigenvalue weighted by Crippen LogP contribution is 2.41. The van der Waals surface area contributed by atoms with E-state index in [1.54, 1.807) is 34.1 Å². The second-order valence-electron chi connectivity index (χ2n) is 14.2. The van der Waals surface area contributed by atoms with Crippen molar-refractivity contribution in [2.24, 2.45) is 5.41 Å². The number of rotatable bonds is 12. The Morgan fingerprint density at radius 3 is 2.67 bits per heavy atom. The average Bonchev–Trinajstić information content (AvgIpc) is 3.36. The molecule has 0 bridgehead atoms. The fraction of sp³-hybridized carbons (Fsp3) is 0.583. The van der Waals surface area contributed by atoms with E-state index in [-0.39, 0.29) is 12.5 Å². The Hall–Kier alpha value is -3.03. The number of fused-ring (bicyclic) bond motifs is 1. The van der Waals surface area contributed by atoms with Crippen LogP contribution in [0.5, 0.6) is 5.75 Å². The van der Waals surface area contributed by atoms with Gasteiger partial charge in [-0.05, 0) is 68.7 Å². The minimum absolute atomic E-state index is 0.182. The summed E-state index contributed by atoms with van der Waals surface area (Å²) in [6, 6.07) is 8.68. The molecule has 258 valence electrons. The number of methoxy groups -OCH3 is 1. The summed E-state index contributed by atoms with van der Waals surface area (Å²) in [5.74, 6) is 7.10. The fourth-order valence-electron chi connectivity index (χ4n) is 7.52. The number of anilines is 1. The summed E-state index contributed by atoms with van der Waals surface area (Å²) in [4.78, 5) is 16.9. The Balaban J connectivity index is 1.18. The molecule has 12 heteroatoms. The van der Waals surface area contributed by atoms with Crippen LogP contribution < -0.4 is 30.8 Å². The molecule has 1 amide bonds. The predicted molar refractivity (Wildman–Crippen MR) is 194 cm³/mol. The first-order valence-electron chi connectivity index (χ1n) is 17.2. The third-order valence-corrected chi connectivity index (χ3v) is 10.3. The Morgan fingerprint density at radius 1 is 1.23 bits per heavy atom. The van der Waals surface area contributed by atoms with Crippen molar-refractivity contribution in [3.8, 4) is 17.6 Å². The first-order chi connectivity index (χ1) is 23.1. The molecule has 2 aliphatic carbocycles. The molecule has 2 unspecified atom stereocenters. The highest BCUT2D eigenvalue weighted by Gasteiger charge is 2.50. The standard InChI is InChI=1S/C36H50BFN5O4P/c1-39-34(44)25-9-14-32(33(18-25)47-17-16-45-3)41(2)15-5-6-28-19-29-30(7-4-8-31(29)43(28)22-36(37,38)48)40-26-10-12-27(13-11-26)42-20-35(21-42)23-46-24-35/h8-9,14,18-19,26-27,40H,4,7,10-13,15-17,20-24,37,48H2,1-3H3,(H,39,44). The van der Waals surface area contributed by atoms with Gasteiger partial charge in [0.25, 0.3) is 5.91 Å². The van der Waals surface area contributed by atoms with Crippen LogP contribution in [0.4, 0.5) is 10.1 Å². The molecule has 1 spiro atoms. The molecule has 2 saturated heterocycles. The van der Waals surface area contributed by atoms with E-state index in [1.165, 1.54) is 44.5 Å². The number of nitrogens with one attached hydrogen (secondary N) is 2. The van der Waals surface area contributed by atoms with E-state index < -0.39 is 5.31 Å². The summed E-state index contributed by atoms with van der Waals surface area (Å²) in [7, 11) is 9.10. The molecule has 2 aromatic rings. The lowest BCUT2D eigenvalue weighted by molar-refractivity contribution is -0.200. The molecule has 2 aliphatic heterocycles. The largest absolute Gasteiger partial charge is 0.489 e. The number of ether oxygens (including phenoxy) is 3. The minimum Gasteiger partial charge on any atom is -0.489 e. The number of amides is 1. The van der Waals surface area contributed by atoms with Gasteiger partial charge in [-0.3, -0.25) is 9.69 Å². The summed E-state index contributed by atoms with van der Waals surface area (Å²) >= 11 is 0. The number of halogens is 1. The van der Waals surface area contributed by atoms with Crippen LogP contribution in [0, 0.1) is 17.3 Å². The Kier molecular flexibility index (Phi) is 10.8. The number of carbonyl (C=O) groups excluding carboxylic acids is 1. The third kappa shape index (κ3) is 7.89. The van der Waals surface area contributed by atoms with Crippen LogP contribution in [-0.4, -0.2) is 108 Å². The molecule has 0 radical (unpaired) electrons. The van der Waals surface area contributed by atoms with Gasteiger partial charge < -0.3 is 34.3 Å². The van der Waals surface area contributed by atoms with Gasteiger partial charge in [0.2, 0.25) is 0 Å². The number of hydrogen-bond donors (Lipinski definition) is 2.